The molecule has 2 unspecified atom stereocenters. The number of hydrogen-bond donors (Lipinski definition) is 3. The van der Waals surface area contributed by atoms with Crippen LogP contribution in [0.3, 0.4) is 0 Å². The van der Waals surface area contributed by atoms with E-state index >= 15 is 0 Å². The fourth-order valence-corrected chi connectivity index (χ4v) is 2.64. The van der Waals surface area contributed by atoms with Crippen LogP contribution in [0.5, 0.6) is 0 Å². The van der Waals surface area contributed by atoms with E-state index in [-0.39, 0.29) is 18.0 Å². The highest BCUT2D eigenvalue weighted by atomic mass is 16.4. The molecule has 0 aliphatic heterocycles. The van der Waals surface area contributed by atoms with E-state index in [1.54, 1.807) is 0 Å². The molecule has 1 aliphatic rings. The van der Waals surface area contributed by atoms with Gasteiger partial charge in [-0.1, -0.05) is 33.6 Å². The van der Waals surface area contributed by atoms with E-state index in [2.05, 4.69) is 17.6 Å². The fraction of sp³-hybridized carbons (Fsp3) is 0.857. The first-order valence-corrected chi connectivity index (χ1v) is 7.18. The molecule has 5 nitrogen and oxygen atoms in total. The minimum absolute atomic E-state index is 0.178. The molecule has 1 saturated carbocycles. The Morgan fingerprint density at radius 3 is 2.53 bits per heavy atom. The van der Waals surface area contributed by atoms with Crippen molar-refractivity contribution < 1.29 is 14.7 Å². The van der Waals surface area contributed by atoms with Crippen LogP contribution >= 0.6 is 0 Å². The van der Waals surface area contributed by atoms with Crippen LogP contribution in [-0.4, -0.2) is 29.2 Å². The topological polar surface area (TPSA) is 78.4 Å². The van der Waals surface area contributed by atoms with Crippen LogP contribution in [0.1, 0.15) is 52.9 Å². The number of urea groups is 1. The summed E-state index contributed by atoms with van der Waals surface area (Å²) >= 11 is 0. The van der Waals surface area contributed by atoms with Crippen molar-refractivity contribution in [3.8, 4) is 0 Å². The number of carbonyl (C=O) groups is 2. The largest absolute Gasteiger partial charge is 0.480 e. The lowest BCUT2D eigenvalue weighted by Crippen LogP contribution is -2.50. The highest BCUT2D eigenvalue weighted by Gasteiger charge is 2.24. The number of hydrogen-bond acceptors (Lipinski definition) is 2. The van der Waals surface area contributed by atoms with Crippen LogP contribution in [-0.2, 0) is 4.79 Å². The smallest absolute Gasteiger partial charge is 0.326 e. The monoisotopic (exact) mass is 270 g/mol. The molecule has 110 valence electrons. The Bertz CT molecular complexity index is 318. The third kappa shape index (κ3) is 5.94. The molecule has 0 aromatic rings. The van der Waals surface area contributed by atoms with Crippen LogP contribution in [0, 0.1) is 11.8 Å². The lowest BCUT2D eigenvalue weighted by atomic mass is 9.87. The molecule has 0 aromatic carbocycles. The Morgan fingerprint density at radius 2 is 2.00 bits per heavy atom. The van der Waals surface area contributed by atoms with Crippen LogP contribution in [0.15, 0.2) is 0 Å². The SMILES string of the molecule is CC(C)C[C@@H](NC(=O)NC1CCCC(C)C1)C(=O)O. The van der Waals surface area contributed by atoms with Gasteiger partial charge in [0.15, 0.2) is 0 Å². The molecule has 3 N–H and O–H groups in total. The Labute approximate surface area is 115 Å². The zero-order chi connectivity index (χ0) is 14.4. The summed E-state index contributed by atoms with van der Waals surface area (Å²) in [7, 11) is 0. The predicted molar refractivity (Wildman–Crippen MR) is 74.0 cm³/mol. The van der Waals surface area contributed by atoms with E-state index < -0.39 is 12.0 Å². The summed E-state index contributed by atoms with van der Waals surface area (Å²) in [5.41, 5.74) is 0. The predicted octanol–water partition coefficient (Wildman–Crippen LogP) is 2.36. The summed E-state index contributed by atoms with van der Waals surface area (Å²) in [4.78, 5) is 22.9. The summed E-state index contributed by atoms with van der Waals surface area (Å²) in [5, 5.41) is 14.5. The van der Waals surface area contributed by atoms with Gasteiger partial charge in [0.25, 0.3) is 0 Å². The lowest BCUT2D eigenvalue weighted by molar-refractivity contribution is -0.139. The number of rotatable bonds is 5. The molecule has 0 bridgehead atoms. The Morgan fingerprint density at radius 1 is 1.32 bits per heavy atom. The standard InChI is InChI=1S/C14H26N2O3/c1-9(2)7-12(13(17)18)16-14(19)15-11-6-4-5-10(3)8-11/h9-12H,4-8H2,1-3H3,(H,17,18)(H2,15,16,19)/t10?,11?,12-/m1/s1. The van der Waals surface area contributed by atoms with E-state index in [9.17, 15) is 9.59 Å². The summed E-state index contributed by atoms with van der Waals surface area (Å²) < 4.78 is 0. The molecule has 1 fully saturated rings. The Kier molecular flexibility index (Phi) is 6.12. The van der Waals surface area contributed by atoms with E-state index in [0.29, 0.717) is 12.3 Å². The van der Waals surface area contributed by atoms with Crippen molar-refractivity contribution in [2.45, 2.75) is 65.0 Å². The third-order valence-electron chi connectivity index (χ3n) is 3.58. The summed E-state index contributed by atoms with van der Waals surface area (Å²) in [6.45, 7) is 6.07. The molecular formula is C14H26N2O3. The van der Waals surface area contributed by atoms with Gasteiger partial charge in [-0.3, -0.25) is 0 Å². The Hall–Kier alpha value is -1.26. The molecule has 0 aromatic heterocycles. The van der Waals surface area contributed by atoms with Crippen molar-refractivity contribution in [1.29, 1.82) is 0 Å². The molecule has 0 radical (unpaired) electrons. The average molecular weight is 270 g/mol. The molecule has 5 heteroatoms. The van der Waals surface area contributed by atoms with Gasteiger partial charge in [-0.15, -0.1) is 0 Å². The second-order valence-electron chi connectivity index (χ2n) is 6.11. The highest BCUT2D eigenvalue weighted by molar-refractivity contribution is 5.82. The summed E-state index contributed by atoms with van der Waals surface area (Å²) in [6.07, 6.45) is 4.75. The van der Waals surface area contributed by atoms with Crippen LogP contribution in [0.4, 0.5) is 4.79 Å². The number of carboxylic acids is 1. The van der Waals surface area contributed by atoms with Gasteiger partial charge in [-0.25, -0.2) is 9.59 Å². The molecule has 0 heterocycles. The van der Waals surface area contributed by atoms with Crippen LogP contribution in [0.25, 0.3) is 0 Å². The molecule has 3 atom stereocenters. The highest BCUT2D eigenvalue weighted by Crippen LogP contribution is 2.23. The van der Waals surface area contributed by atoms with Crippen molar-refractivity contribution in [3.63, 3.8) is 0 Å². The van der Waals surface area contributed by atoms with Crippen LogP contribution < -0.4 is 10.6 Å². The Balaban J connectivity index is 2.41. The lowest BCUT2D eigenvalue weighted by Gasteiger charge is -2.28. The van der Waals surface area contributed by atoms with Crippen molar-refractivity contribution >= 4 is 12.0 Å². The second-order valence-corrected chi connectivity index (χ2v) is 6.11. The quantitative estimate of drug-likeness (QED) is 0.717. The van der Waals surface area contributed by atoms with Crippen molar-refractivity contribution in [1.82, 2.24) is 10.6 Å². The fourth-order valence-electron chi connectivity index (χ4n) is 2.64. The van der Waals surface area contributed by atoms with Crippen molar-refractivity contribution in [2.24, 2.45) is 11.8 Å². The normalized spacial score (nSPS) is 24.8. The van der Waals surface area contributed by atoms with E-state index in [1.807, 2.05) is 13.8 Å². The number of carboxylic acid groups (broad SMARTS) is 1. The zero-order valence-corrected chi connectivity index (χ0v) is 12.1. The summed E-state index contributed by atoms with van der Waals surface area (Å²) in [6, 6.07) is -0.981. The maximum Gasteiger partial charge on any atom is 0.326 e. The van der Waals surface area contributed by atoms with E-state index in [1.165, 1.54) is 6.42 Å². The maximum atomic E-state index is 11.8. The average Bonchev–Trinajstić information content (AvgIpc) is 2.27. The van der Waals surface area contributed by atoms with E-state index in [0.717, 1.165) is 19.3 Å². The molecule has 19 heavy (non-hydrogen) atoms. The minimum Gasteiger partial charge on any atom is -0.480 e. The first-order valence-electron chi connectivity index (χ1n) is 7.18. The third-order valence-corrected chi connectivity index (χ3v) is 3.58. The first kappa shape index (κ1) is 15.8. The molecular weight excluding hydrogens is 244 g/mol. The van der Waals surface area contributed by atoms with Gasteiger partial charge in [-0.05, 0) is 31.1 Å². The first-order chi connectivity index (χ1) is 8.88. The molecule has 0 saturated heterocycles. The molecule has 1 aliphatic carbocycles. The summed E-state index contributed by atoms with van der Waals surface area (Å²) in [5.74, 6) is -0.109. The molecule has 1 rings (SSSR count). The zero-order valence-electron chi connectivity index (χ0n) is 12.1. The van der Waals surface area contributed by atoms with Crippen LogP contribution in [0.2, 0.25) is 0 Å². The van der Waals surface area contributed by atoms with Gasteiger partial charge in [0.2, 0.25) is 0 Å². The van der Waals surface area contributed by atoms with Gasteiger partial charge in [0, 0.05) is 6.04 Å². The van der Waals surface area contributed by atoms with Gasteiger partial charge < -0.3 is 15.7 Å². The maximum absolute atomic E-state index is 11.8. The second kappa shape index (κ2) is 7.36. The molecule has 0 spiro atoms. The van der Waals surface area contributed by atoms with Gasteiger partial charge in [-0.2, -0.15) is 0 Å². The van der Waals surface area contributed by atoms with Crippen molar-refractivity contribution in [2.75, 3.05) is 0 Å². The van der Waals surface area contributed by atoms with E-state index in [4.69, 9.17) is 5.11 Å². The van der Waals surface area contributed by atoms with Crippen molar-refractivity contribution in [3.05, 3.63) is 0 Å². The number of aliphatic carboxylic acids is 1. The van der Waals surface area contributed by atoms with Gasteiger partial charge in [0.05, 0.1) is 0 Å². The van der Waals surface area contributed by atoms with Gasteiger partial charge >= 0.3 is 12.0 Å². The number of carbonyl (C=O) groups excluding carboxylic acids is 1. The number of amides is 2. The molecule has 2 amide bonds. The minimum atomic E-state index is -0.971. The van der Waals surface area contributed by atoms with Gasteiger partial charge in [0.1, 0.15) is 6.04 Å². The number of nitrogens with one attached hydrogen (secondary N) is 2.